The van der Waals surface area contributed by atoms with Crippen LogP contribution in [0.2, 0.25) is 0 Å². The van der Waals surface area contributed by atoms with E-state index in [9.17, 15) is 0 Å². The SMILES string of the molecule is Nc1cccc2c1CC(CN1CCC1)CC2. The molecule has 2 N–H and O–H groups in total. The molecule has 1 aromatic rings. The first kappa shape index (κ1) is 10.2. The maximum atomic E-state index is 6.07. The molecule has 16 heavy (non-hydrogen) atoms. The van der Waals surface area contributed by atoms with Gasteiger partial charge in [0.15, 0.2) is 0 Å². The van der Waals surface area contributed by atoms with Gasteiger partial charge < -0.3 is 10.6 Å². The third-order valence-electron chi connectivity index (χ3n) is 4.09. The van der Waals surface area contributed by atoms with E-state index in [1.54, 1.807) is 0 Å². The van der Waals surface area contributed by atoms with Crippen molar-refractivity contribution in [3.8, 4) is 0 Å². The number of benzene rings is 1. The van der Waals surface area contributed by atoms with Crippen LogP contribution in [0.25, 0.3) is 0 Å². The zero-order chi connectivity index (χ0) is 11.0. The maximum Gasteiger partial charge on any atom is 0.0349 e. The van der Waals surface area contributed by atoms with E-state index in [-0.39, 0.29) is 0 Å². The van der Waals surface area contributed by atoms with Gasteiger partial charge in [0.25, 0.3) is 0 Å². The lowest BCUT2D eigenvalue weighted by atomic mass is 9.82. The summed E-state index contributed by atoms with van der Waals surface area (Å²) in [5.74, 6) is 0.831. The Balaban J connectivity index is 1.72. The van der Waals surface area contributed by atoms with Crippen LogP contribution in [-0.2, 0) is 12.8 Å². The lowest BCUT2D eigenvalue weighted by Gasteiger charge is -2.36. The van der Waals surface area contributed by atoms with Crippen LogP contribution in [0, 0.1) is 5.92 Å². The fraction of sp³-hybridized carbons (Fsp3) is 0.571. The van der Waals surface area contributed by atoms with Gasteiger partial charge in [-0.15, -0.1) is 0 Å². The molecule has 1 aliphatic heterocycles. The molecule has 2 nitrogen and oxygen atoms in total. The minimum Gasteiger partial charge on any atom is -0.398 e. The van der Waals surface area contributed by atoms with Gasteiger partial charge in [0.2, 0.25) is 0 Å². The van der Waals surface area contributed by atoms with Crippen molar-refractivity contribution in [1.29, 1.82) is 0 Å². The number of nitrogen functional groups attached to an aromatic ring is 1. The first-order valence-corrected chi connectivity index (χ1v) is 6.41. The highest BCUT2D eigenvalue weighted by molar-refractivity contribution is 5.52. The Bertz CT molecular complexity index is 382. The van der Waals surface area contributed by atoms with Gasteiger partial charge in [0.1, 0.15) is 0 Å². The quantitative estimate of drug-likeness (QED) is 0.767. The Hall–Kier alpha value is -1.02. The molecule has 1 saturated heterocycles. The number of nitrogens with two attached hydrogens (primary N) is 1. The Morgan fingerprint density at radius 3 is 2.94 bits per heavy atom. The summed E-state index contributed by atoms with van der Waals surface area (Å²) in [6, 6.07) is 6.38. The third kappa shape index (κ3) is 1.82. The molecule has 1 fully saturated rings. The zero-order valence-electron chi connectivity index (χ0n) is 9.78. The average Bonchev–Trinajstić information content (AvgIpc) is 2.24. The molecule has 0 bridgehead atoms. The van der Waals surface area contributed by atoms with E-state index in [2.05, 4.69) is 17.0 Å². The molecule has 1 aliphatic carbocycles. The Morgan fingerprint density at radius 1 is 1.31 bits per heavy atom. The van der Waals surface area contributed by atoms with Gasteiger partial charge in [-0.25, -0.2) is 0 Å². The minimum absolute atomic E-state index is 0.831. The summed E-state index contributed by atoms with van der Waals surface area (Å²) in [6.45, 7) is 3.91. The zero-order valence-corrected chi connectivity index (χ0v) is 9.78. The number of anilines is 1. The molecule has 86 valence electrons. The smallest absolute Gasteiger partial charge is 0.0349 e. The maximum absolute atomic E-state index is 6.07. The third-order valence-corrected chi connectivity index (χ3v) is 4.09. The largest absolute Gasteiger partial charge is 0.398 e. The van der Waals surface area contributed by atoms with Crippen molar-refractivity contribution in [3.63, 3.8) is 0 Å². The lowest BCUT2D eigenvalue weighted by molar-refractivity contribution is 0.146. The second kappa shape index (κ2) is 4.10. The van der Waals surface area contributed by atoms with E-state index in [1.807, 2.05) is 6.07 Å². The summed E-state index contributed by atoms with van der Waals surface area (Å²) in [7, 11) is 0. The molecule has 3 rings (SSSR count). The molecule has 1 atom stereocenters. The lowest BCUT2D eigenvalue weighted by Crippen LogP contribution is -2.41. The van der Waals surface area contributed by atoms with Gasteiger partial charge in [-0.1, -0.05) is 12.1 Å². The average molecular weight is 216 g/mol. The standard InChI is InChI=1S/C14H20N2/c15-14-4-1-3-12-6-5-11(9-13(12)14)10-16-7-2-8-16/h1,3-4,11H,2,5-10,15H2. The molecule has 1 heterocycles. The number of fused-ring (bicyclic) bond motifs is 1. The fourth-order valence-electron chi connectivity index (χ4n) is 2.97. The second-order valence-corrected chi connectivity index (χ2v) is 5.25. The highest BCUT2D eigenvalue weighted by Gasteiger charge is 2.24. The van der Waals surface area contributed by atoms with Crippen LogP contribution in [0.15, 0.2) is 18.2 Å². The van der Waals surface area contributed by atoms with Gasteiger partial charge in [-0.2, -0.15) is 0 Å². The van der Waals surface area contributed by atoms with Crippen molar-refractivity contribution in [2.75, 3.05) is 25.4 Å². The van der Waals surface area contributed by atoms with Crippen LogP contribution >= 0.6 is 0 Å². The van der Waals surface area contributed by atoms with Crippen molar-refractivity contribution in [1.82, 2.24) is 4.90 Å². The van der Waals surface area contributed by atoms with E-state index >= 15 is 0 Å². The number of hydrogen-bond acceptors (Lipinski definition) is 2. The van der Waals surface area contributed by atoms with Gasteiger partial charge in [0.05, 0.1) is 0 Å². The van der Waals surface area contributed by atoms with E-state index in [1.165, 1.54) is 56.4 Å². The molecule has 0 amide bonds. The van der Waals surface area contributed by atoms with Crippen molar-refractivity contribution < 1.29 is 0 Å². The van der Waals surface area contributed by atoms with Gasteiger partial charge >= 0.3 is 0 Å². The summed E-state index contributed by atoms with van der Waals surface area (Å²) in [4.78, 5) is 2.58. The normalized spacial score (nSPS) is 24.9. The molecule has 0 aromatic heterocycles. The highest BCUT2D eigenvalue weighted by Crippen LogP contribution is 2.30. The molecule has 1 aromatic carbocycles. The predicted molar refractivity (Wildman–Crippen MR) is 67.4 cm³/mol. The Kier molecular flexibility index (Phi) is 2.60. The van der Waals surface area contributed by atoms with E-state index in [4.69, 9.17) is 5.73 Å². The molecule has 0 radical (unpaired) electrons. The van der Waals surface area contributed by atoms with Gasteiger partial charge in [-0.3, -0.25) is 0 Å². The van der Waals surface area contributed by atoms with Crippen molar-refractivity contribution in [3.05, 3.63) is 29.3 Å². The van der Waals surface area contributed by atoms with Crippen LogP contribution in [-0.4, -0.2) is 24.5 Å². The summed E-state index contributed by atoms with van der Waals surface area (Å²) in [5, 5.41) is 0. The summed E-state index contributed by atoms with van der Waals surface area (Å²) >= 11 is 0. The molecule has 0 saturated carbocycles. The van der Waals surface area contributed by atoms with Crippen LogP contribution in [0.1, 0.15) is 24.0 Å². The predicted octanol–water partition coefficient (Wildman–Crippen LogP) is 2.08. The number of likely N-dealkylation sites (tertiary alicyclic amines) is 1. The molecule has 0 spiro atoms. The summed E-state index contributed by atoms with van der Waals surface area (Å²) < 4.78 is 0. The number of hydrogen-bond donors (Lipinski definition) is 1. The number of rotatable bonds is 2. The van der Waals surface area contributed by atoms with E-state index < -0.39 is 0 Å². The number of nitrogens with zero attached hydrogens (tertiary/aromatic N) is 1. The first-order chi connectivity index (χ1) is 7.83. The highest BCUT2D eigenvalue weighted by atomic mass is 15.2. The van der Waals surface area contributed by atoms with Crippen LogP contribution in [0.3, 0.4) is 0 Å². The Labute approximate surface area is 97.4 Å². The first-order valence-electron chi connectivity index (χ1n) is 6.41. The Morgan fingerprint density at radius 2 is 2.19 bits per heavy atom. The van der Waals surface area contributed by atoms with E-state index in [0.717, 1.165) is 11.6 Å². The van der Waals surface area contributed by atoms with Crippen LogP contribution in [0.4, 0.5) is 5.69 Å². The summed E-state index contributed by atoms with van der Waals surface area (Å²) in [5.41, 5.74) is 9.99. The molecular formula is C14H20N2. The molecule has 1 unspecified atom stereocenters. The minimum atomic E-state index is 0.831. The van der Waals surface area contributed by atoms with Gasteiger partial charge in [-0.05, 0) is 61.9 Å². The molecule has 2 aliphatic rings. The van der Waals surface area contributed by atoms with E-state index in [0.29, 0.717) is 0 Å². The van der Waals surface area contributed by atoms with Crippen molar-refractivity contribution >= 4 is 5.69 Å². The monoisotopic (exact) mass is 216 g/mol. The van der Waals surface area contributed by atoms with Crippen LogP contribution < -0.4 is 5.73 Å². The number of aryl methyl sites for hydroxylation is 1. The fourth-order valence-corrected chi connectivity index (χ4v) is 2.97. The van der Waals surface area contributed by atoms with Crippen LogP contribution in [0.5, 0.6) is 0 Å². The topological polar surface area (TPSA) is 29.3 Å². The van der Waals surface area contributed by atoms with Gasteiger partial charge in [0, 0.05) is 12.2 Å². The molecule has 2 heteroatoms. The molecular weight excluding hydrogens is 196 g/mol. The second-order valence-electron chi connectivity index (χ2n) is 5.25. The van der Waals surface area contributed by atoms with Crippen molar-refractivity contribution in [2.24, 2.45) is 5.92 Å². The van der Waals surface area contributed by atoms with Crippen molar-refractivity contribution in [2.45, 2.75) is 25.7 Å². The summed E-state index contributed by atoms with van der Waals surface area (Å²) in [6.07, 6.45) is 5.15.